The number of pyridine rings is 1. The summed E-state index contributed by atoms with van der Waals surface area (Å²) in [7, 11) is 0. The summed E-state index contributed by atoms with van der Waals surface area (Å²) in [6, 6.07) is 3.98. The minimum absolute atomic E-state index is 0.0217. The molecule has 6 aliphatic rings. The Hall–Kier alpha value is -1.78. The minimum atomic E-state index is -0.0545. The lowest BCUT2D eigenvalue weighted by Gasteiger charge is -2.57. The summed E-state index contributed by atoms with van der Waals surface area (Å²) >= 11 is 0. The molecule has 6 fully saturated rings. The third-order valence-electron chi connectivity index (χ3n) is 8.08. The van der Waals surface area contributed by atoms with Crippen molar-refractivity contribution in [2.75, 3.05) is 13.1 Å². The predicted octanol–water partition coefficient (Wildman–Crippen LogP) is 3.30. The Morgan fingerprint density at radius 2 is 1.64 bits per heavy atom. The van der Waals surface area contributed by atoms with Gasteiger partial charge >= 0.3 is 0 Å². The van der Waals surface area contributed by atoms with Crippen molar-refractivity contribution < 1.29 is 9.53 Å². The van der Waals surface area contributed by atoms with Crippen molar-refractivity contribution in [2.24, 2.45) is 23.2 Å². The highest BCUT2D eigenvalue weighted by Crippen LogP contribution is 2.60. The number of ether oxygens (including phenoxy) is 1. The monoisotopic (exact) mass is 382 g/mol. The van der Waals surface area contributed by atoms with Crippen LogP contribution in [0.3, 0.4) is 0 Å². The predicted molar refractivity (Wildman–Crippen MR) is 105 cm³/mol. The maximum absolute atomic E-state index is 13.3. The Balaban J connectivity index is 1.11. The second kappa shape index (κ2) is 5.87. The van der Waals surface area contributed by atoms with Gasteiger partial charge in [-0.1, -0.05) is 0 Å². The first-order chi connectivity index (χ1) is 13.5. The van der Waals surface area contributed by atoms with Gasteiger partial charge in [0.05, 0.1) is 18.5 Å². The van der Waals surface area contributed by atoms with E-state index in [9.17, 15) is 9.59 Å². The standard InChI is InChI=1S/C23H30N2O3/c1-14-4-19(8-21(26)25(14)18-2-3-18)28-20-12-24(13-20)22(27)23-9-15-5-16(10-23)7-17(6-15)11-23/h4,8,15-18,20H,2-3,5-7,9-13H2,1H3. The molecule has 1 aromatic heterocycles. The lowest BCUT2D eigenvalue weighted by atomic mass is 9.49. The molecule has 5 aliphatic carbocycles. The molecule has 28 heavy (non-hydrogen) atoms. The molecule has 0 radical (unpaired) electrons. The molecule has 2 heterocycles. The number of aryl methyl sites for hydroxylation is 1. The van der Waals surface area contributed by atoms with E-state index in [2.05, 4.69) is 0 Å². The molecule has 0 aromatic carbocycles. The molecule has 4 bridgehead atoms. The summed E-state index contributed by atoms with van der Waals surface area (Å²) in [5, 5.41) is 0. The lowest BCUT2D eigenvalue weighted by molar-refractivity contribution is -0.166. The van der Waals surface area contributed by atoms with E-state index in [4.69, 9.17) is 4.74 Å². The van der Waals surface area contributed by atoms with E-state index >= 15 is 0 Å². The van der Waals surface area contributed by atoms with Crippen LogP contribution in [0.1, 0.15) is 63.1 Å². The van der Waals surface area contributed by atoms with Crippen LogP contribution in [0.2, 0.25) is 0 Å². The van der Waals surface area contributed by atoms with Gasteiger partial charge in [-0.2, -0.15) is 0 Å². The number of amides is 1. The van der Waals surface area contributed by atoms with Gasteiger partial charge in [0.15, 0.2) is 0 Å². The van der Waals surface area contributed by atoms with Gasteiger partial charge in [0.2, 0.25) is 5.91 Å². The summed E-state index contributed by atoms with van der Waals surface area (Å²) in [6.45, 7) is 3.33. The molecule has 0 atom stereocenters. The van der Waals surface area contributed by atoms with Crippen LogP contribution in [0.4, 0.5) is 0 Å². The van der Waals surface area contributed by atoms with Crippen molar-refractivity contribution in [1.29, 1.82) is 0 Å². The Labute approximate surface area is 166 Å². The van der Waals surface area contributed by atoms with Gasteiger partial charge in [-0.25, -0.2) is 0 Å². The molecule has 1 aromatic rings. The second-order valence-electron chi connectivity index (χ2n) is 10.4. The zero-order valence-electron chi connectivity index (χ0n) is 16.7. The van der Waals surface area contributed by atoms with Crippen LogP contribution in [0.25, 0.3) is 0 Å². The fraction of sp³-hybridized carbons (Fsp3) is 0.739. The van der Waals surface area contributed by atoms with E-state index < -0.39 is 0 Å². The summed E-state index contributed by atoms with van der Waals surface area (Å²) in [4.78, 5) is 27.7. The molecule has 7 rings (SSSR count). The highest BCUT2D eigenvalue weighted by Gasteiger charge is 2.56. The van der Waals surface area contributed by atoms with Crippen LogP contribution in [-0.2, 0) is 4.79 Å². The molecule has 0 N–H and O–H groups in total. The van der Waals surface area contributed by atoms with Crippen LogP contribution in [-0.4, -0.2) is 34.6 Å². The first-order valence-corrected chi connectivity index (χ1v) is 11.2. The molecular weight excluding hydrogens is 352 g/mol. The molecule has 150 valence electrons. The van der Waals surface area contributed by atoms with E-state index in [0.717, 1.165) is 55.6 Å². The number of aromatic nitrogens is 1. The van der Waals surface area contributed by atoms with E-state index in [1.54, 1.807) is 6.07 Å². The largest absolute Gasteiger partial charge is 0.486 e. The first kappa shape index (κ1) is 17.1. The molecule has 1 aliphatic heterocycles. The van der Waals surface area contributed by atoms with Gasteiger partial charge in [-0.3, -0.25) is 9.59 Å². The first-order valence-electron chi connectivity index (χ1n) is 11.2. The van der Waals surface area contributed by atoms with Gasteiger partial charge in [0.1, 0.15) is 11.9 Å². The van der Waals surface area contributed by atoms with Crippen molar-refractivity contribution >= 4 is 5.91 Å². The maximum atomic E-state index is 13.3. The molecule has 5 heteroatoms. The van der Waals surface area contributed by atoms with Crippen molar-refractivity contribution in [2.45, 2.75) is 70.4 Å². The molecule has 0 spiro atoms. The van der Waals surface area contributed by atoms with Crippen LogP contribution < -0.4 is 10.3 Å². The molecule has 5 saturated carbocycles. The Kier molecular flexibility index (Phi) is 3.58. The summed E-state index contributed by atoms with van der Waals surface area (Å²) in [5.74, 6) is 3.44. The van der Waals surface area contributed by atoms with Crippen molar-refractivity contribution in [3.8, 4) is 5.75 Å². The van der Waals surface area contributed by atoms with Crippen LogP contribution in [0, 0.1) is 30.1 Å². The fourth-order valence-corrected chi connectivity index (χ4v) is 7.13. The van der Waals surface area contributed by atoms with Crippen molar-refractivity contribution in [3.05, 3.63) is 28.2 Å². The number of likely N-dealkylation sites (tertiary alicyclic amines) is 1. The molecule has 1 amide bonds. The van der Waals surface area contributed by atoms with Gasteiger partial charge in [-0.15, -0.1) is 0 Å². The van der Waals surface area contributed by atoms with E-state index in [-0.39, 0.29) is 17.1 Å². The topological polar surface area (TPSA) is 51.5 Å². The molecular formula is C23H30N2O3. The zero-order valence-corrected chi connectivity index (χ0v) is 16.7. The van der Waals surface area contributed by atoms with Crippen molar-refractivity contribution in [3.63, 3.8) is 0 Å². The van der Waals surface area contributed by atoms with Crippen molar-refractivity contribution in [1.82, 2.24) is 9.47 Å². The second-order valence-corrected chi connectivity index (χ2v) is 10.4. The summed E-state index contributed by atoms with van der Waals surface area (Å²) < 4.78 is 7.94. The highest BCUT2D eigenvalue weighted by molar-refractivity contribution is 5.84. The van der Waals surface area contributed by atoms with Crippen LogP contribution >= 0.6 is 0 Å². The van der Waals surface area contributed by atoms with E-state index in [1.807, 2.05) is 22.5 Å². The molecule has 5 nitrogen and oxygen atoms in total. The van der Waals surface area contributed by atoms with E-state index in [1.165, 1.54) is 19.3 Å². The average molecular weight is 383 g/mol. The number of rotatable bonds is 4. The Morgan fingerprint density at radius 3 is 2.18 bits per heavy atom. The smallest absolute Gasteiger partial charge is 0.254 e. The highest BCUT2D eigenvalue weighted by atomic mass is 16.5. The molecule has 0 unspecified atom stereocenters. The van der Waals surface area contributed by atoms with Gasteiger partial charge in [-0.05, 0) is 82.1 Å². The average Bonchev–Trinajstić information content (AvgIpc) is 3.40. The van der Waals surface area contributed by atoms with E-state index in [0.29, 0.717) is 30.8 Å². The number of hydrogen-bond acceptors (Lipinski definition) is 3. The third kappa shape index (κ3) is 2.65. The van der Waals surface area contributed by atoms with Crippen LogP contribution in [0.15, 0.2) is 16.9 Å². The Morgan fingerprint density at radius 1 is 1.04 bits per heavy atom. The van der Waals surface area contributed by atoms with Gasteiger partial charge < -0.3 is 14.2 Å². The SMILES string of the molecule is Cc1cc(OC2CN(C(=O)C34CC5CC(CC(C5)C3)C4)C2)cc(=O)n1C1CC1. The number of carbonyl (C=O) groups is 1. The summed E-state index contributed by atoms with van der Waals surface area (Å²) in [5.41, 5.74) is 0.963. The number of hydrogen-bond donors (Lipinski definition) is 0. The lowest BCUT2D eigenvalue weighted by Crippen LogP contribution is -2.62. The normalized spacial score (nSPS) is 36.5. The number of nitrogens with zero attached hydrogens (tertiary/aromatic N) is 2. The van der Waals surface area contributed by atoms with Gasteiger partial charge in [0.25, 0.3) is 5.56 Å². The minimum Gasteiger partial charge on any atom is -0.486 e. The van der Waals surface area contributed by atoms with Crippen LogP contribution in [0.5, 0.6) is 5.75 Å². The fourth-order valence-electron chi connectivity index (χ4n) is 7.13. The number of carbonyl (C=O) groups excluding carboxylic acids is 1. The maximum Gasteiger partial charge on any atom is 0.254 e. The quantitative estimate of drug-likeness (QED) is 0.803. The van der Waals surface area contributed by atoms with Gasteiger partial charge in [0, 0.05) is 17.8 Å². The molecule has 1 saturated heterocycles. The Bertz CT molecular complexity index is 843. The zero-order chi connectivity index (χ0) is 19.0. The third-order valence-corrected chi connectivity index (χ3v) is 8.08. The summed E-state index contributed by atoms with van der Waals surface area (Å²) in [6.07, 6.45) is 9.69.